The van der Waals surface area contributed by atoms with Gasteiger partial charge in [-0.25, -0.2) is 9.37 Å². The summed E-state index contributed by atoms with van der Waals surface area (Å²) in [5.41, 5.74) is 3.51. The third-order valence-corrected chi connectivity index (χ3v) is 5.49. The molecule has 0 spiro atoms. The number of ether oxygens (including phenoxy) is 2. The average Bonchev–Trinajstić information content (AvgIpc) is 3.22. The third-order valence-electron chi connectivity index (χ3n) is 5.49. The number of hydrogen-bond acceptors (Lipinski definition) is 4. The minimum atomic E-state index is -0.349. The van der Waals surface area contributed by atoms with E-state index in [-0.39, 0.29) is 24.2 Å². The van der Waals surface area contributed by atoms with Gasteiger partial charge in [0.1, 0.15) is 19.0 Å². The van der Waals surface area contributed by atoms with Crippen LogP contribution in [0.1, 0.15) is 17.2 Å². The van der Waals surface area contributed by atoms with E-state index in [1.54, 1.807) is 18.5 Å². The number of benzene rings is 3. The summed E-state index contributed by atoms with van der Waals surface area (Å²) in [6.07, 6.45) is 1.95. The fourth-order valence-corrected chi connectivity index (χ4v) is 3.91. The van der Waals surface area contributed by atoms with Crippen molar-refractivity contribution in [3.8, 4) is 11.5 Å². The van der Waals surface area contributed by atoms with Crippen LogP contribution in [0.2, 0.25) is 0 Å². The summed E-state index contributed by atoms with van der Waals surface area (Å²) < 4.78 is 26.7. The number of nitrogens with zero attached hydrogens (tertiary/aromatic N) is 2. The van der Waals surface area contributed by atoms with Crippen molar-refractivity contribution < 1.29 is 18.7 Å². The molecule has 0 saturated carbocycles. The lowest BCUT2D eigenvalue weighted by atomic mass is 10.1. The molecule has 5 rings (SSSR count). The van der Waals surface area contributed by atoms with E-state index < -0.39 is 0 Å². The van der Waals surface area contributed by atoms with Crippen LogP contribution in [0, 0.1) is 5.82 Å². The first-order valence-electron chi connectivity index (χ1n) is 10.5. The van der Waals surface area contributed by atoms with Crippen LogP contribution in [0.15, 0.2) is 73.1 Å². The molecule has 0 bridgehead atoms. The van der Waals surface area contributed by atoms with Crippen LogP contribution in [0.25, 0.3) is 11.0 Å². The van der Waals surface area contributed by atoms with Crippen molar-refractivity contribution in [2.24, 2.45) is 0 Å². The quantitative estimate of drug-likeness (QED) is 0.500. The monoisotopic (exact) mass is 431 g/mol. The van der Waals surface area contributed by atoms with Crippen molar-refractivity contribution in [1.29, 1.82) is 0 Å². The van der Waals surface area contributed by atoms with Gasteiger partial charge in [-0.3, -0.25) is 4.79 Å². The highest BCUT2D eigenvalue weighted by Gasteiger charge is 2.18. The van der Waals surface area contributed by atoms with Crippen LogP contribution >= 0.6 is 0 Å². The molecule has 1 N–H and O–H groups in total. The van der Waals surface area contributed by atoms with Crippen molar-refractivity contribution in [3.05, 3.63) is 90.0 Å². The number of amides is 1. The van der Waals surface area contributed by atoms with E-state index in [9.17, 15) is 9.18 Å². The Morgan fingerprint density at radius 1 is 1.03 bits per heavy atom. The highest BCUT2D eigenvalue weighted by atomic mass is 19.1. The molecule has 1 aromatic heterocycles. The number of fused-ring (bicyclic) bond motifs is 2. The average molecular weight is 431 g/mol. The Morgan fingerprint density at radius 2 is 1.81 bits per heavy atom. The number of halogens is 1. The zero-order chi connectivity index (χ0) is 21.9. The van der Waals surface area contributed by atoms with E-state index in [1.807, 2.05) is 47.0 Å². The first kappa shape index (κ1) is 20.1. The number of nitrogens with one attached hydrogen (secondary N) is 1. The third kappa shape index (κ3) is 4.27. The fourth-order valence-electron chi connectivity index (χ4n) is 3.91. The second kappa shape index (κ2) is 8.70. The topological polar surface area (TPSA) is 65.4 Å². The lowest BCUT2D eigenvalue weighted by molar-refractivity contribution is -0.121. The first-order valence-corrected chi connectivity index (χ1v) is 10.5. The zero-order valence-electron chi connectivity index (χ0n) is 17.3. The maximum atomic E-state index is 13.5. The van der Waals surface area contributed by atoms with Gasteiger partial charge in [0.15, 0.2) is 11.5 Å². The molecule has 4 aromatic rings. The van der Waals surface area contributed by atoms with E-state index in [0.717, 1.165) is 22.2 Å². The van der Waals surface area contributed by atoms with E-state index in [0.29, 0.717) is 31.3 Å². The first-order chi connectivity index (χ1) is 15.7. The van der Waals surface area contributed by atoms with E-state index in [4.69, 9.17) is 9.47 Å². The molecule has 1 amide bonds. The Kier molecular flexibility index (Phi) is 5.46. The summed E-state index contributed by atoms with van der Waals surface area (Å²) in [5.74, 6) is 0.890. The Hall–Kier alpha value is -3.87. The smallest absolute Gasteiger partial charge is 0.224 e. The van der Waals surface area contributed by atoms with Gasteiger partial charge in [0.05, 0.1) is 29.8 Å². The summed E-state index contributed by atoms with van der Waals surface area (Å²) in [4.78, 5) is 17.4. The molecular formula is C25H22FN3O3. The molecule has 1 unspecified atom stereocenters. The van der Waals surface area contributed by atoms with Gasteiger partial charge in [-0.1, -0.05) is 30.3 Å². The SMILES string of the molecule is O=C(Cc1ccc2c(c1)OCCO2)NC(Cn1cnc2ccccc21)c1ccc(F)cc1. The highest BCUT2D eigenvalue weighted by molar-refractivity contribution is 5.79. The summed E-state index contributed by atoms with van der Waals surface area (Å²) in [6.45, 7) is 1.49. The molecule has 0 aliphatic carbocycles. The van der Waals surface area contributed by atoms with Crippen LogP contribution in [-0.4, -0.2) is 28.7 Å². The number of carbonyl (C=O) groups excluding carboxylic acids is 1. The molecule has 32 heavy (non-hydrogen) atoms. The Bertz CT molecular complexity index is 1250. The van der Waals surface area contributed by atoms with E-state index in [1.165, 1.54) is 12.1 Å². The molecule has 0 fully saturated rings. The molecule has 3 aromatic carbocycles. The van der Waals surface area contributed by atoms with Crippen LogP contribution in [-0.2, 0) is 17.8 Å². The normalized spacial score (nSPS) is 13.7. The van der Waals surface area contributed by atoms with Gasteiger partial charge in [-0.05, 0) is 47.5 Å². The molecule has 7 heteroatoms. The number of hydrogen-bond donors (Lipinski definition) is 1. The number of carbonyl (C=O) groups is 1. The van der Waals surface area contributed by atoms with Gasteiger partial charge in [0.25, 0.3) is 0 Å². The predicted octanol–water partition coefficient (Wildman–Crippen LogP) is 4.05. The maximum absolute atomic E-state index is 13.5. The Balaban J connectivity index is 1.36. The summed E-state index contributed by atoms with van der Waals surface area (Å²) >= 11 is 0. The van der Waals surface area contributed by atoms with Crippen LogP contribution in [0.5, 0.6) is 11.5 Å². The van der Waals surface area contributed by atoms with Gasteiger partial charge in [-0.2, -0.15) is 0 Å². The summed E-state index contributed by atoms with van der Waals surface area (Å²) in [5, 5.41) is 3.10. The molecule has 1 atom stereocenters. The molecule has 1 aliphatic rings. The Morgan fingerprint density at radius 3 is 2.66 bits per heavy atom. The molecule has 162 valence electrons. The Labute approximate surface area is 184 Å². The second-order valence-electron chi connectivity index (χ2n) is 7.71. The fraction of sp³-hybridized carbons (Fsp3) is 0.200. The molecule has 6 nitrogen and oxygen atoms in total. The largest absolute Gasteiger partial charge is 0.486 e. The second-order valence-corrected chi connectivity index (χ2v) is 7.71. The van der Waals surface area contributed by atoms with Gasteiger partial charge in [0, 0.05) is 6.54 Å². The van der Waals surface area contributed by atoms with Gasteiger partial charge in [-0.15, -0.1) is 0 Å². The van der Waals surface area contributed by atoms with Crippen molar-refractivity contribution >= 4 is 16.9 Å². The van der Waals surface area contributed by atoms with Gasteiger partial charge >= 0.3 is 0 Å². The molecular weight excluding hydrogens is 409 g/mol. The van der Waals surface area contributed by atoms with Gasteiger partial charge < -0.3 is 19.4 Å². The van der Waals surface area contributed by atoms with Crippen molar-refractivity contribution in [2.45, 2.75) is 19.0 Å². The van der Waals surface area contributed by atoms with Crippen molar-refractivity contribution in [3.63, 3.8) is 0 Å². The maximum Gasteiger partial charge on any atom is 0.224 e. The van der Waals surface area contributed by atoms with E-state index >= 15 is 0 Å². The number of imidazole rings is 1. The number of para-hydroxylation sites is 2. The zero-order valence-corrected chi connectivity index (χ0v) is 17.3. The number of aromatic nitrogens is 2. The molecule has 0 saturated heterocycles. The summed E-state index contributed by atoms with van der Waals surface area (Å²) in [6, 6.07) is 19.2. The lowest BCUT2D eigenvalue weighted by Gasteiger charge is -2.21. The standard InChI is InChI=1S/C25H22FN3O3/c26-19-8-6-18(7-9-19)21(15-29-16-27-20-3-1-2-4-22(20)29)28-25(30)14-17-5-10-23-24(13-17)32-12-11-31-23/h1-10,13,16,21H,11-12,14-15H2,(H,28,30). The van der Waals surface area contributed by atoms with Crippen LogP contribution < -0.4 is 14.8 Å². The lowest BCUT2D eigenvalue weighted by Crippen LogP contribution is -2.32. The van der Waals surface area contributed by atoms with Crippen LogP contribution in [0.4, 0.5) is 4.39 Å². The van der Waals surface area contributed by atoms with Crippen LogP contribution in [0.3, 0.4) is 0 Å². The minimum Gasteiger partial charge on any atom is -0.486 e. The summed E-state index contributed by atoms with van der Waals surface area (Å²) in [7, 11) is 0. The molecule has 1 aliphatic heterocycles. The molecule has 0 radical (unpaired) electrons. The minimum absolute atomic E-state index is 0.138. The predicted molar refractivity (Wildman–Crippen MR) is 118 cm³/mol. The van der Waals surface area contributed by atoms with Crippen molar-refractivity contribution in [2.75, 3.05) is 13.2 Å². The highest BCUT2D eigenvalue weighted by Crippen LogP contribution is 2.31. The van der Waals surface area contributed by atoms with Gasteiger partial charge in [0.2, 0.25) is 5.91 Å². The number of rotatable bonds is 6. The van der Waals surface area contributed by atoms with Crippen molar-refractivity contribution in [1.82, 2.24) is 14.9 Å². The van der Waals surface area contributed by atoms with E-state index in [2.05, 4.69) is 10.3 Å². The molecule has 2 heterocycles.